The number of anilines is 3. The smallest absolute Gasteiger partial charge is 0.413 e. The van der Waals surface area contributed by atoms with Crippen molar-refractivity contribution in [2.24, 2.45) is 14.1 Å². The van der Waals surface area contributed by atoms with E-state index in [-0.39, 0.29) is 23.6 Å². The van der Waals surface area contributed by atoms with Crippen LogP contribution in [-0.2, 0) is 54.8 Å². The van der Waals surface area contributed by atoms with E-state index >= 15 is 0 Å². The summed E-state index contributed by atoms with van der Waals surface area (Å²) in [5.74, 6) is -1.36. The normalized spacial score (nSPS) is 12.3. The van der Waals surface area contributed by atoms with Gasteiger partial charge in [0.1, 0.15) is 23.7 Å². The molecule has 6 aromatic rings. The van der Waals surface area contributed by atoms with Crippen LogP contribution in [0.3, 0.4) is 0 Å². The minimum absolute atomic E-state index is 0.106. The maximum atomic E-state index is 13.4. The van der Waals surface area contributed by atoms with E-state index in [2.05, 4.69) is 45.4 Å². The Morgan fingerprint density at radius 3 is 2.02 bits per heavy atom. The number of nitrogens with zero attached hydrogens (tertiary/aromatic N) is 9. The summed E-state index contributed by atoms with van der Waals surface area (Å²) in [6.45, 7) is 9.77. The van der Waals surface area contributed by atoms with Crippen LogP contribution in [-0.4, -0.2) is 79.9 Å². The molecule has 0 saturated heterocycles. The first kappa shape index (κ1) is 50.0. The fourth-order valence-corrected chi connectivity index (χ4v) is 7.80. The average molecular weight is 965 g/mol. The number of ether oxygens (including phenoxy) is 2. The molecule has 4 aromatic heterocycles. The summed E-state index contributed by atoms with van der Waals surface area (Å²) in [5.41, 5.74) is 4.50. The number of pyridine rings is 2. The number of nitriles is 1. The number of hydrogen-bond acceptors (Lipinski definition) is 15. The number of esters is 1. The van der Waals surface area contributed by atoms with E-state index in [1.807, 2.05) is 6.07 Å². The zero-order valence-corrected chi connectivity index (χ0v) is 39.3. The number of sulfonamides is 2. The molecule has 0 aliphatic heterocycles. The number of carbonyl (C=O) groups is 2. The van der Waals surface area contributed by atoms with Gasteiger partial charge in [-0.25, -0.2) is 40.7 Å². The molecule has 0 fully saturated rings. The molecule has 0 spiro atoms. The van der Waals surface area contributed by atoms with Crippen molar-refractivity contribution in [3.8, 4) is 28.8 Å². The van der Waals surface area contributed by atoms with Crippen LogP contribution < -0.4 is 14.8 Å². The lowest BCUT2D eigenvalue weighted by Gasteiger charge is -2.15. The van der Waals surface area contributed by atoms with Crippen molar-refractivity contribution in [2.75, 3.05) is 20.5 Å². The van der Waals surface area contributed by atoms with Gasteiger partial charge in [-0.05, 0) is 89.6 Å². The summed E-state index contributed by atoms with van der Waals surface area (Å²) in [4.78, 5) is 33.9. The van der Waals surface area contributed by atoms with E-state index in [9.17, 15) is 30.8 Å². The minimum atomic E-state index is -3.80. The van der Waals surface area contributed by atoms with Crippen molar-refractivity contribution < 1.29 is 40.3 Å². The lowest BCUT2D eigenvalue weighted by Crippen LogP contribution is -2.23. The Morgan fingerprint density at radius 1 is 0.803 bits per heavy atom. The van der Waals surface area contributed by atoms with Gasteiger partial charge < -0.3 is 9.47 Å². The molecule has 0 saturated carbocycles. The van der Waals surface area contributed by atoms with Gasteiger partial charge in [-0.15, -0.1) is 10.2 Å². The second kappa shape index (κ2) is 21.3. The number of aromatic nitrogens is 8. The Hall–Kier alpha value is -7.03. The first-order valence-electron chi connectivity index (χ1n) is 19.9. The van der Waals surface area contributed by atoms with Gasteiger partial charge >= 0.3 is 12.1 Å². The molecule has 1 amide bonds. The molecule has 0 radical (unpaired) electrons. The highest BCUT2D eigenvalue weighted by molar-refractivity contribution is 7.93. The van der Waals surface area contributed by atoms with Crippen LogP contribution in [0.25, 0.3) is 22.8 Å². The SMILES string of the molecule is Cc1nc(-c2nnn(C)c2CC(=O)O[C@H](C)c2ccccc2Cl)ccc1NS(=O)(=O)CC#N.Cc1nc(-c2nnn(C)c2NC(=O)O[C@H](C)c2cccc(F)c2)ccc1NS(=O)(=O)C(C)C. The molecule has 66 heavy (non-hydrogen) atoms. The molecule has 2 aromatic carbocycles. The van der Waals surface area contributed by atoms with E-state index in [0.29, 0.717) is 56.0 Å². The summed E-state index contributed by atoms with van der Waals surface area (Å²) >= 11 is 6.18. The third-order valence-electron chi connectivity index (χ3n) is 9.60. The predicted molar refractivity (Wildman–Crippen MR) is 243 cm³/mol. The third kappa shape index (κ3) is 12.8. The van der Waals surface area contributed by atoms with E-state index in [0.717, 1.165) is 0 Å². The summed E-state index contributed by atoms with van der Waals surface area (Å²) < 4.78 is 80.0. The first-order chi connectivity index (χ1) is 31.1. The number of hydrogen-bond donors (Lipinski definition) is 3. The van der Waals surface area contributed by atoms with Gasteiger partial charge in [-0.1, -0.05) is 52.4 Å². The van der Waals surface area contributed by atoms with Crippen molar-refractivity contribution in [3.05, 3.63) is 112 Å². The molecule has 348 valence electrons. The van der Waals surface area contributed by atoms with Gasteiger partial charge in [0.05, 0.1) is 57.6 Å². The average Bonchev–Trinajstić information content (AvgIpc) is 3.79. The quantitative estimate of drug-likeness (QED) is 0.0900. The lowest BCUT2D eigenvalue weighted by molar-refractivity contribution is -0.147. The second-order valence-electron chi connectivity index (χ2n) is 14.9. The van der Waals surface area contributed by atoms with Gasteiger partial charge in [-0.3, -0.25) is 24.2 Å². The highest BCUT2D eigenvalue weighted by Crippen LogP contribution is 2.29. The van der Waals surface area contributed by atoms with Crippen LogP contribution in [0, 0.1) is 31.0 Å². The van der Waals surface area contributed by atoms with Crippen LogP contribution >= 0.6 is 11.6 Å². The summed E-state index contributed by atoms with van der Waals surface area (Å²) in [5, 5.41) is 27.2. The van der Waals surface area contributed by atoms with E-state index in [1.54, 1.807) is 104 Å². The zero-order valence-electron chi connectivity index (χ0n) is 36.9. The number of rotatable bonds is 15. The maximum absolute atomic E-state index is 13.4. The molecule has 0 aliphatic rings. The Morgan fingerprint density at radius 2 is 1.41 bits per heavy atom. The van der Waals surface area contributed by atoms with Crippen LogP contribution in [0.2, 0.25) is 5.02 Å². The predicted octanol–water partition coefficient (Wildman–Crippen LogP) is 6.74. The van der Waals surface area contributed by atoms with E-state index in [4.69, 9.17) is 26.3 Å². The third-order valence-corrected chi connectivity index (χ3v) is 12.7. The molecule has 0 bridgehead atoms. The molecule has 6 rings (SSSR count). The van der Waals surface area contributed by atoms with Crippen LogP contribution in [0.15, 0.2) is 72.8 Å². The number of amides is 1. The lowest BCUT2D eigenvalue weighted by atomic mass is 10.1. The summed E-state index contributed by atoms with van der Waals surface area (Å²) in [7, 11) is -4.09. The number of carbonyl (C=O) groups excluding carboxylic acids is 2. The van der Waals surface area contributed by atoms with Crippen LogP contribution in [0.1, 0.15) is 68.1 Å². The molecule has 0 aliphatic carbocycles. The molecule has 3 N–H and O–H groups in total. The molecule has 4 heterocycles. The maximum Gasteiger partial charge on any atom is 0.413 e. The van der Waals surface area contributed by atoms with Crippen molar-refractivity contribution in [1.82, 2.24) is 40.0 Å². The molecule has 0 unspecified atom stereocenters. The van der Waals surface area contributed by atoms with Crippen molar-refractivity contribution in [1.29, 1.82) is 5.26 Å². The fourth-order valence-electron chi connectivity index (χ4n) is 5.96. The van der Waals surface area contributed by atoms with Gasteiger partial charge in [-0.2, -0.15) is 5.26 Å². The molecule has 20 nitrogen and oxygen atoms in total. The molecule has 2 atom stereocenters. The van der Waals surface area contributed by atoms with Gasteiger partial charge in [0.25, 0.3) is 0 Å². The summed E-state index contributed by atoms with van der Waals surface area (Å²) in [6, 6.07) is 20.7. The largest absolute Gasteiger partial charge is 0.457 e. The van der Waals surface area contributed by atoms with Crippen molar-refractivity contribution >= 4 is 60.9 Å². The molecule has 24 heteroatoms. The minimum Gasteiger partial charge on any atom is -0.457 e. The topological polar surface area (TPSA) is 268 Å². The second-order valence-corrected chi connectivity index (χ2v) is 19.2. The monoisotopic (exact) mass is 964 g/mol. The highest BCUT2D eigenvalue weighted by Gasteiger charge is 2.24. The van der Waals surface area contributed by atoms with Gasteiger partial charge in [0, 0.05) is 24.7 Å². The Kier molecular flexibility index (Phi) is 16.1. The van der Waals surface area contributed by atoms with E-state index < -0.39 is 61.1 Å². The standard InChI is InChI=1S/C21H21ClN6O4S.C21H25FN6O4S/c1-13-17(26-33(30,31)11-10-23)8-9-18(24-13)21-19(28(3)27-25-21)12-20(29)32-14(2)15-6-4-5-7-16(15)22;1-12(2)33(30,31)26-17-9-10-18(23-13(17)3)19-20(28(5)27-25-19)24-21(29)32-14(4)15-7-6-8-16(22)11-15/h4-9,14,26H,11-12H2,1-3H3;6-12,14,26H,1-5H3,(H,24,29)/t2*14-/m11/s1. The Balaban J connectivity index is 0.000000247. The summed E-state index contributed by atoms with van der Waals surface area (Å²) in [6.07, 6.45) is -2.13. The van der Waals surface area contributed by atoms with Crippen LogP contribution in [0.5, 0.6) is 0 Å². The zero-order chi connectivity index (χ0) is 48.5. The molecular weight excluding hydrogens is 919 g/mol. The number of halogens is 2. The van der Waals surface area contributed by atoms with Crippen molar-refractivity contribution in [3.63, 3.8) is 0 Å². The number of aryl methyl sites for hydroxylation is 4. The first-order valence-corrected chi connectivity index (χ1v) is 23.5. The van der Waals surface area contributed by atoms with Crippen LogP contribution in [0.4, 0.5) is 26.4 Å². The number of benzene rings is 2. The fraction of sp³-hybridized carbons (Fsp3) is 0.310. The van der Waals surface area contributed by atoms with Gasteiger partial charge in [0.15, 0.2) is 17.3 Å². The number of nitrogens with one attached hydrogen (secondary N) is 3. The Labute approximate surface area is 385 Å². The Bertz CT molecular complexity index is 3010. The van der Waals surface area contributed by atoms with Crippen molar-refractivity contribution in [2.45, 2.75) is 65.4 Å². The van der Waals surface area contributed by atoms with E-state index in [1.165, 1.54) is 33.6 Å². The van der Waals surface area contributed by atoms with Gasteiger partial charge in [0.2, 0.25) is 20.0 Å². The highest BCUT2D eigenvalue weighted by atomic mass is 35.5. The molecular formula is C42H46ClFN12O8S2.